The summed E-state index contributed by atoms with van der Waals surface area (Å²) in [5.41, 5.74) is 8.81. The first-order valence-corrected chi connectivity index (χ1v) is 11.2. The number of hydrogen-bond donors (Lipinski definition) is 1. The topological polar surface area (TPSA) is 39.1 Å². The highest BCUT2D eigenvalue weighted by Crippen LogP contribution is 2.47. The SMILES string of the molecule is C=C(c1ccc(C)c(NCC(C)C)c1)N1CCC2(CCc3cc(C#N)ccc32)CC1. The van der Waals surface area contributed by atoms with Gasteiger partial charge in [-0.05, 0) is 84.4 Å². The van der Waals surface area contributed by atoms with Gasteiger partial charge in [-0.3, -0.25) is 0 Å². The first-order chi connectivity index (χ1) is 14.4. The van der Waals surface area contributed by atoms with Crippen LogP contribution in [-0.4, -0.2) is 24.5 Å². The Hall–Kier alpha value is -2.73. The van der Waals surface area contributed by atoms with E-state index < -0.39 is 0 Å². The number of anilines is 1. The van der Waals surface area contributed by atoms with Crippen molar-refractivity contribution < 1.29 is 0 Å². The summed E-state index contributed by atoms with van der Waals surface area (Å²) in [6, 6.07) is 15.3. The third-order valence-corrected chi connectivity index (χ3v) is 7.05. The molecule has 2 aromatic rings. The molecule has 2 aliphatic rings. The van der Waals surface area contributed by atoms with E-state index in [1.165, 1.54) is 34.4 Å². The third kappa shape index (κ3) is 3.84. The fraction of sp³-hybridized carbons (Fsp3) is 0.444. The zero-order chi connectivity index (χ0) is 21.3. The Morgan fingerprint density at radius 2 is 1.93 bits per heavy atom. The summed E-state index contributed by atoms with van der Waals surface area (Å²) in [7, 11) is 0. The number of likely N-dealkylation sites (tertiary alicyclic amines) is 1. The lowest BCUT2D eigenvalue weighted by atomic mass is 9.73. The summed E-state index contributed by atoms with van der Waals surface area (Å²) < 4.78 is 0. The normalized spacial score (nSPS) is 17.1. The molecule has 1 heterocycles. The minimum atomic E-state index is 0.289. The molecule has 0 amide bonds. The largest absolute Gasteiger partial charge is 0.385 e. The summed E-state index contributed by atoms with van der Waals surface area (Å²) in [4.78, 5) is 2.46. The smallest absolute Gasteiger partial charge is 0.0991 e. The lowest BCUT2D eigenvalue weighted by molar-refractivity contribution is 0.216. The Balaban J connectivity index is 1.46. The third-order valence-electron chi connectivity index (χ3n) is 7.05. The van der Waals surface area contributed by atoms with E-state index in [4.69, 9.17) is 0 Å². The molecule has 1 spiro atoms. The van der Waals surface area contributed by atoms with Crippen LogP contribution in [0.1, 0.15) is 60.9 Å². The molecule has 1 N–H and O–H groups in total. The summed E-state index contributed by atoms with van der Waals surface area (Å²) in [5, 5.41) is 12.8. The predicted molar refractivity (Wildman–Crippen MR) is 126 cm³/mol. The summed E-state index contributed by atoms with van der Waals surface area (Å²) >= 11 is 0. The maximum Gasteiger partial charge on any atom is 0.0991 e. The standard InChI is InChI=1S/C27H33N3/c1-19(2)18-29-26-16-23(7-5-20(26)3)21(4)30-13-11-27(12-14-30)10-9-24-15-22(17-28)6-8-25(24)27/h5-8,15-16,19,29H,4,9-14,18H2,1-3H3. The van der Waals surface area contributed by atoms with Crippen LogP contribution in [0.15, 0.2) is 43.0 Å². The molecule has 2 aromatic carbocycles. The summed E-state index contributed by atoms with van der Waals surface area (Å²) in [6.07, 6.45) is 4.64. The number of aryl methyl sites for hydroxylation is 2. The zero-order valence-electron chi connectivity index (χ0n) is 18.6. The molecule has 1 saturated heterocycles. The Morgan fingerprint density at radius 1 is 1.17 bits per heavy atom. The molecule has 0 saturated carbocycles. The minimum absolute atomic E-state index is 0.289. The van der Waals surface area contributed by atoms with Crippen molar-refractivity contribution >= 4 is 11.4 Å². The second-order valence-corrected chi connectivity index (χ2v) is 9.50. The van der Waals surface area contributed by atoms with Gasteiger partial charge in [0.25, 0.3) is 0 Å². The molecule has 0 radical (unpaired) electrons. The number of piperidine rings is 1. The van der Waals surface area contributed by atoms with Gasteiger partial charge in [0, 0.05) is 31.0 Å². The molecule has 0 bridgehead atoms. The van der Waals surface area contributed by atoms with Crippen molar-refractivity contribution in [2.45, 2.75) is 51.9 Å². The van der Waals surface area contributed by atoms with Crippen molar-refractivity contribution in [2.24, 2.45) is 5.92 Å². The Bertz CT molecular complexity index is 988. The van der Waals surface area contributed by atoms with E-state index in [9.17, 15) is 5.26 Å². The van der Waals surface area contributed by atoms with Gasteiger partial charge in [0.05, 0.1) is 11.6 Å². The molecule has 156 valence electrons. The average Bonchev–Trinajstić information content (AvgIpc) is 3.10. The van der Waals surface area contributed by atoms with Crippen molar-refractivity contribution in [2.75, 3.05) is 25.0 Å². The molecule has 3 heteroatoms. The maximum atomic E-state index is 9.20. The maximum absolute atomic E-state index is 9.20. The minimum Gasteiger partial charge on any atom is -0.385 e. The van der Waals surface area contributed by atoms with Gasteiger partial charge in [-0.2, -0.15) is 5.26 Å². The first kappa shape index (κ1) is 20.5. The van der Waals surface area contributed by atoms with E-state index in [2.05, 4.69) is 74.0 Å². The van der Waals surface area contributed by atoms with E-state index in [1.807, 2.05) is 6.07 Å². The van der Waals surface area contributed by atoms with Crippen LogP contribution >= 0.6 is 0 Å². The Morgan fingerprint density at radius 3 is 2.63 bits per heavy atom. The lowest BCUT2D eigenvalue weighted by Crippen LogP contribution is -2.40. The summed E-state index contributed by atoms with van der Waals surface area (Å²) in [5.74, 6) is 0.619. The molecule has 1 aliphatic heterocycles. The monoisotopic (exact) mass is 399 g/mol. The Kier molecular flexibility index (Phi) is 5.60. The van der Waals surface area contributed by atoms with Gasteiger partial charge in [-0.1, -0.05) is 38.6 Å². The first-order valence-electron chi connectivity index (χ1n) is 11.2. The quantitative estimate of drug-likeness (QED) is 0.682. The van der Waals surface area contributed by atoms with Crippen molar-refractivity contribution in [1.29, 1.82) is 5.26 Å². The van der Waals surface area contributed by atoms with Crippen LogP contribution in [0.2, 0.25) is 0 Å². The summed E-state index contributed by atoms with van der Waals surface area (Å²) in [6.45, 7) is 14.2. The molecule has 1 aliphatic carbocycles. The van der Waals surface area contributed by atoms with Gasteiger partial charge in [0.2, 0.25) is 0 Å². The van der Waals surface area contributed by atoms with Gasteiger partial charge in [0.15, 0.2) is 0 Å². The van der Waals surface area contributed by atoms with Crippen LogP contribution in [0.3, 0.4) is 0 Å². The average molecular weight is 400 g/mol. The number of rotatable bonds is 5. The number of fused-ring (bicyclic) bond motifs is 2. The van der Waals surface area contributed by atoms with Crippen LogP contribution in [0, 0.1) is 24.2 Å². The van der Waals surface area contributed by atoms with E-state index in [-0.39, 0.29) is 5.41 Å². The van der Waals surface area contributed by atoms with Crippen LogP contribution < -0.4 is 5.32 Å². The molecule has 0 aromatic heterocycles. The second kappa shape index (κ2) is 8.19. The van der Waals surface area contributed by atoms with E-state index in [1.54, 1.807) is 0 Å². The Labute approximate surface area is 181 Å². The van der Waals surface area contributed by atoms with E-state index >= 15 is 0 Å². The lowest BCUT2D eigenvalue weighted by Gasteiger charge is -2.42. The van der Waals surface area contributed by atoms with Crippen molar-refractivity contribution in [3.63, 3.8) is 0 Å². The zero-order valence-corrected chi connectivity index (χ0v) is 18.6. The second-order valence-electron chi connectivity index (χ2n) is 9.50. The van der Waals surface area contributed by atoms with E-state index in [0.717, 1.165) is 50.2 Å². The van der Waals surface area contributed by atoms with Gasteiger partial charge >= 0.3 is 0 Å². The fourth-order valence-electron chi connectivity index (χ4n) is 5.11. The molecule has 3 nitrogen and oxygen atoms in total. The van der Waals surface area contributed by atoms with Gasteiger partial charge in [0.1, 0.15) is 0 Å². The van der Waals surface area contributed by atoms with Crippen molar-refractivity contribution in [3.8, 4) is 6.07 Å². The molecule has 1 fully saturated rings. The number of benzene rings is 2. The van der Waals surface area contributed by atoms with Crippen LogP contribution in [0.4, 0.5) is 5.69 Å². The van der Waals surface area contributed by atoms with Crippen LogP contribution in [0.5, 0.6) is 0 Å². The molecular weight excluding hydrogens is 366 g/mol. The predicted octanol–water partition coefficient (Wildman–Crippen LogP) is 5.89. The van der Waals surface area contributed by atoms with Crippen molar-refractivity contribution in [3.05, 3.63) is 70.8 Å². The van der Waals surface area contributed by atoms with Crippen LogP contribution in [-0.2, 0) is 11.8 Å². The fourth-order valence-corrected chi connectivity index (χ4v) is 5.11. The number of hydrogen-bond acceptors (Lipinski definition) is 3. The molecule has 0 atom stereocenters. The highest BCUT2D eigenvalue weighted by molar-refractivity contribution is 5.68. The number of nitriles is 1. The molecule has 4 rings (SSSR count). The van der Waals surface area contributed by atoms with Crippen molar-refractivity contribution in [1.82, 2.24) is 4.90 Å². The highest BCUT2D eigenvalue weighted by atomic mass is 15.1. The van der Waals surface area contributed by atoms with Crippen LogP contribution in [0.25, 0.3) is 5.70 Å². The molecular formula is C27H33N3. The number of nitrogens with one attached hydrogen (secondary N) is 1. The molecule has 30 heavy (non-hydrogen) atoms. The molecule has 0 unspecified atom stereocenters. The highest BCUT2D eigenvalue weighted by Gasteiger charge is 2.41. The van der Waals surface area contributed by atoms with E-state index in [0.29, 0.717) is 5.92 Å². The van der Waals surface area contributed by atoms with Gasteiger partial charge in [-0.15, -0.1) is 0 Å². The van der Waals surface area contributed by atoms with Gasteiger partial charge < -0.3 is 10.2 Å². The number of nitrogens with zero attached hydrogens (tertiary/aromatic N) is 2. The van der Waals surface area contributed by atoms with Gasteiger partial charge in [-0.25, -0.2) is 0 Å².